The summed E-state index contributed by atoms with van der Waals surface area (Å²) >= 11 is 0. The molecule has 0 saturated carbocycles. The first-order valence-electron chi connectivity index (χ1n) is 7.00. The van der Waals surface area contributed by atoms with E-state index in [9.17, 15) is 13.9 Å². The van der Waals surface area contributed by atoms with E-state index in [-0.39, 0.29) is 17.4 Å². The van der Waals surface area contributed by atoms with Gasteiger partial charge in [-0.05, 0) is 28.7 Å². The summed E-state index contributed by atoms with van der Waals surface area (Å²) in [7, 11) is 0. The molecule has 21 heavy (non-hydrogen) atoms. The number of benzene rings is 2. The first kappa shape index (κ1) is 15.6. The van der Waals surface area contributed by atoms with E-state index in [4.69, 9.17) is 0 Å². The van der Waals surface area contributed by atoms with Gasteiger partial charge in [0.2, 0.25) is 0 Å². The predicted octanol–water partition coefficient (Wildman–Crippen LogP) is 4.54. The van der Waals surface area contributed by atoms with Crippen molar-refractivity contribution in [3.8, 4) is 0 Å². The van der Waals surface area contributed by atoms with Gasteiger partial charge in [-0.25, -0.2) is 8.78 Å². The van der Waals surface area contributed by atoms with Crippen molar-refractivity contribution in [1.82, 2.24) is 0 Å². The van der Waals surface area contributed by atoms with Crippen molar-refractivity contribution in [3.63, 3.8) is 0 Å². The van der Waals surface area contributed by atoms with Crippen LogP contribution in [0.1, 0.15) is 43.6 Å². The fourth-order valence-electron chi connectivity index (χ4n) is 2.24. The highest BCUT2D eigenvalue weighted by molar-refractivity contribution is 5.30. The maximum absolute atomic E-state index is 13.6. The first-order chi connectivity index (χ1) is 9.79. The van der Waals surface area contributed by atoms with E-state index in [1.54, 1.807) is 0 Å². The minimum absolute atomic E-state index is 0.0289. The second-order valence-electron chi connectivity index (χ2n) is 6.29. The highest BCUT2D eigenvalue weighted by atomic mass is 19.1. The molecule has 2 aromatic rings. The quantitative estimate of drug-likeness (QED) is 0.880. The lowest BCUT2D eigenvalue weighted by atomic mass is 9.86. The Morgan fingerprint density at radius 3 is 1.95 bits per heavy atom. The van der Waals surface area contributed by atoms with Crippen LogP contribution in [0, 0.1) is 11.6 Å². The van der Waals surface area contributed by atoms with E-state index in [2.05, 4.69) is 20.8 Å². The first-order valence-corrected chi connectivity index (χ1v) is 7.00. The van der Waals surface area contributed by atoms with E-state index in [0.717, 1.165) is 5.56 Å². The van der Waals surface area contributed by atoms with Crippen LogP contribution in [-0.2, 0) is 11.8 Å². The predicted molar refractivity (Wildman–Crippen MR) is 80.2 cm³/mol. The zero-order chi connectivity index (χ0) is 15.6. The number of aliphatic hydroxyl groups excluding tert-OH is 1. The Balaban J connectivity index is 2.19. The van der Waals surface area contributed by atoms with Gasteiger partial charge in [-0.3, -0.25) is 0 Å². The van der Waals surface area contributed by atoms with Crippen molar-refractivity contribution in [2.45, 2.75) is 38.7 Å². The maximum Gasteiger partial charge on any atom is 0.129 e. The SMILES string of the molecule is CC(C)(C)c1ccc(C(O)Cc2c(F)cccc2F)cc1. The van der Waals surface area contributed by atoms with E-state index >= 15 is 0 Å². The summed E-state index contributed by atoms with van der Waals surface area (Å²) in [5, 5.41) is 10.2. The summed E-state index contributed by atoms with van der Waals surface area (Å²) in [6.07, 6.45) is -1.00. The van der Waals surface area contributed by atoms with Gasteiger partial charge in [0.1, 0.15) is 11.6 Å². The lowest BCUT2D eigenvalue weighted by Crippen LogP contribution is -2.11. The highest BCUT2D eigenvalue weighted by Gasteiger charge is 2.17. The van der Waals surface area contributed by atoms with Crippen LogP contribution in [0.5, 0.6) is 0 Å². The zero-order valence-electron chi connectivity index (χ0n) is 12.5. The molecule has 1 N–H and O–H groups in total. The molecule has 112 valence electrons. The summed E-state index contributed by atoms with van der Waals surface area (Å²) in [6.45, 7) is 6.31. The Bertz CT molecular complexity index is 592. The average Bonchev–Trinajstić information content (AvgIpc) is 2.42. The Labute approximate surface area is 124 Å². The molecular weight excluding hydrogens is 270 g/mol. The molecule has 3 heteroatoms. The Kier molecular flexibility index (Phi) is 4.43. The van der Waals surface area contributed by atoms with Crippen molar-refractivity contribution in [2.75, 3.05) is 0 Å². The van der Waals surface area contributed by atoms with Gasteiger partial charge in [0.05, 0.1) is 6.10 Å². The van der Waals surface area contributed by atoms with Crippen LogP contribution in [0.25, 0.3) is 0 Å². The standard InChI is InChI=1S/C18H20F2O/c1-18(2,3)13-9-7-12(8-10-13)17(21)11-14-15(19)5-4-6-16(14)20/h4-10,17,21H,11H2,1-3H3. The van der Waals surface area contributed by atoms with Crippen LogP contribution in [0.4, 0.5) is 8.78 Å². The van der Waals surface area contributed by atoms with Crippen LogP contribution < -0.4 is 0 Å². The number of hydrogen-bond acceptors (Lipinski definition) is 1. The van der Waals surface area contributed by atoms with Crippen LogP contribution in [-0.4, -0.2) is 5.11 Å². The van der Waals surface area contributed by atoms with Crippen LogP contribution in [0.15, 0.2) is 42.5 Å². The molecule has 1 atom stereocenters. The van der Waals surface area contributed by atoms with Gasteiger partial charge in [-0.15, -0.1) is 0 Å². The third kappa shape index (κ3) is 3.67. The second-order valence-corrected chi connectivity index (χ2v) is 6.29. The van der Waals surface area contributed by atoms with Crippen LogP contribution >= 0.6 is 0 Å². The van der Waals surface area contributed by atoms with Crippen molar-refractivity contribution >= 4 is 0 Å². The van der Waals surface area contributed by atoms with Crippen molar-refractivity contribution in [1.29, 1.82) is 0 Å². The van der Waals surface area contributed by atoms with Crippen molar-refractivity contribution < 1.29 is 13.9 Å². The van der Waals surface area contributed by atoms with Gasteiger partial charge < -0.3 is 5.11 Å². The van der Waals surface area contributed by atoms with Gasteiger partial charge in [-0.1, -0.05) is 51.1 Å². The van der Waals surface area contributed by atoms with E-state index in [1.165, 1.54) is 18.2 Å². The second kappa shape index (κ2) is 5.94. The summed E-state index contributed by atoms with van der Waals surface area (Å²) in [4.78, 5) is 0. The molecule has 0 amide bonds. The topological polar surface area (TPSA) is 20.2 Å². The van der Waals surface area contributed by atoms with E-state index < -0.39 is 17.7 Å². The Morgan fingerprint density at radius 2 is 1.48 bits per heavy atom. The maximum atomic E-state index is 13.6. The summed E-state index contributed by atoms with van der Waals surface area (Å²) in [5.74, 6) is -1.25. The van der Waals surface area contributed by atoms with E-state index in [1.807, 2.05) is 24.3 Å². The lowest BCUT2D eigenvalue weighted by molar-refractivity contribution is 0.175. The van der Waals surface area contributed by atoms with Crippen LogP contribution in [0.2, 0.25) is 0 Å². The molecule has 2 rings (SSSR count). The molecule has 0 bridgehead atoms. The fourth-order valence-corrected chi connectivity index (χ4v) is 2.24. The molecular formula is C18H20F2O. The van der Waals surface area contributed by atoms with Gasteiger partial charge in [0.15, 0.2) is 0 Å². The highest BCUT2D eigenvalue weighted by Crippen LogP contribution is 2.26. The minimum atomic E-state index is -0.926. The third-order valence-corrected chi connectivity index (χ3v) is 3.62. The number of rotatable bonds is 3. The summed E-state index contributed by atoms with van der Waals surface area (Å²) in [6, 6.07) is 11.2. The van der Waals surface area contributed by atoms with Crippen molar-refractivity contribution in [2.24, 2.45) is 0 Å². The molecule has 0 spiro atoms. The van der Waals surface area contributed by atoms with Gasteiger partial charge >= 0.3 is 0 Å². The molecule has 0 aliphatic rings. The molecule has 0 radical (unpaired) electrons. The molecule has 1 nitrogen and oxygen atoms in total. The molecule has 2 aromatic carbocycles. The molecule has 0 saturated heterocycles. The third-order valence-electron chi connectivity index (χ3n) is 3.62. The monoisotopic (exact) mass is 290 g/mol. The van der Waals surface area contributed by atoms with Gasteiger partial charge in [0, 0.05) is 12.0 Å². The largest absolute Gasteiger partial charge is 0.388 e. The molecule has 0 aliphatic carbocycles. The van der Waals surface area contributed by atoms with Crippen LogP contribution in [0.3, 0.4) is 0 Å². The van der Waals surface area contributed by atoms with Gasteiger partial charge in [0.25, 0.3) is 0 Å². The van der Waals surface area contributed by atoms with Gasteiger partial charge in [-0.2, -0.15) is 0 Å². The summed E-state index contributed by atoms with van der Waals surface area (Å²) in [5.41, 5.74) is 1.76. The molecule has 0 fully saturated rings. The summed E-state index contributed by atoms with van der Waals surface area (Å²) < 4.78 is 27.2. The fraction of sp³-hybridized carbons (Fsp3) is 0.333. The molecule has 0 heterocycles. The van der Waals surface area contributed by atoms with Crippen molar-refractivity contribution in [3.05, 3.63) is 70.8 Å². The average molecular weight is 290 g/mol. The molecule has 0 aromatic heterocycles. The van der Waals surface area contributed by atoms with E-state index in [0.29, 0.717) is 5.56 Å². The minimum Gasteiger partial charge on any atom is -0.388 e. The molecule has 0 aliphatic heterocycles. The number of halogens is 2. The molecule has 1 unspecified atom stereocenters. The number of aliphatic hydroxyl groups is 1. The number of hydrogen-bond donors (Lipinski definition) is 1. The normalized spacial score (nSPS) is 13.2. The zero-order valence-corrected chi connectivity index (χ0v) is 12.5. The Hall–Kier alpha value is -1.74. The smallest absolute Gasteiger partial charge is 0.129 e. The Morgan fingerprint density at radius 1 is 0.952 bits per heavy atom. The lowest BCUT2D eigenvalue weighted by Gasteiger charge is -2.20.